The molecule has 2 heterocycles. The average Bonchev–Trinajstić information content (AvgIpc) is 3.15. The van der Waals surface area contributed by atoms with Crippen LogP contribution in [0.2, 0.25) is 0 Å². The van der Waals surface area contributed by atoms with Gasteiger partial charge in [0.05, 0.1) is 26.5 Å². The van der Waals surface area contributed by atoms with Crippen molar-refractivity contribution < 1.29 is 24.8 Å². The molecule has 1 aliphatic rings. The van der Waals surface area contributed by atoms with Crippen LogP contribution in [0, 0.1) is 0 Å². The van der Waals surface area contributed by atoms with Crippen molar-refractivity contribution in [1.82, 2.24) is 15.0 Å². The summed E-state index contributed by atoms with van der Waals surface area (Å²) in [4.78, 5) is 0. The number of hydrogen-bond donors (Lipinski definition) is 3. The van der Waals surface area contributed by atoms with Crippen molar-refractivity contribution in [2.75, 3.05) is 13.7 Å². The molecule has 0 radical (unpaired) electrons. The zero-order valence-electron chi connectivity index (χ0n) is 12.6. The molecule has 1 aromatic heterocycles. The van der Waals surface area contributed by atoms with Gasteiger partial charge >= 0.3 is 0 Å². The zero-order chi connectivity index (χ0) is 16.4. The minimum Gasteiger partial charge on any atom is -0.497 e. The third-order valence-corrected chi connectivity index (χ3v) is 3.93. The Balaban J connectivity index is 1.70. The summed E-state index contributed by atoms with van der Waals surface area (Å²) in [5.41, 5.74) is 1.57. The van der Waals surface area contributed by atoms with Crippen molar-refractivity contribution in [1.29, 1.82) is 0 Å². The fourth-order valence-corrected chi connectivity index (χ4v) is 2.59. The number of aromatic nitrogens is 3. The summed E-state index contributed by atoms with van der Waals surface area (Å²) in [6.45, 7) is -0.110. The van der Waals surface area contributed by atoms with Crippen molar-refractivity contribution in [3.63, 3.8) is 0 Å². The predicted octanol–water partition coefficient (Wildman–Crippen LogP) is -0.565. The number of aliphatic hydroxyl groups is 3. The second-order valence-electron chi connectivity index (χ2n) is 5.43. The highest BCUT2D eigenvalue weighted by molar-refractivity contribution is 5.58. The first-order valence-electron chi connectivity index (χ1n) is 7.29. The minimum absolute atomic E-state index is 0.234. The Labute approximate surface area is 132 Å². The van der Waals surface area contributed by atoms with Crippen LogP contribution in [0.1, 0.15) is 0 Å². The summed E-state index contributed by atoms with van der Waals surface area (Å²) in [6.07, 6.45) is -1.86. The van der Waals surface area contributed by atoms with Crippen molar-refractivity contribution in [2.45, 2.75) is 31.0 Å². The Hall–Kier alpha value is -2.00. The van der Waals surface area contributed by atoms with E-state index in [2.05, 4.69) is 10.3 Å². The number of benzene rings is 1. The van der Waals surface area contributed by atoms with E-state index in [4.69, 9.17) is 14.6 Å². The smallest absolute Gasteiger partial charge is 0.118 e. The summed E-state index contributed by atoms with van der Waals surface area (Å²) < 4.78 is 12.1. The number of aliphatic hydroxyl groups excluding tert-OH is 3. The molecule has 0 unspecified atom stereocenters. The monoisotopic (exact) mass is 321 g/mol. The third-order valence-electron chi connectivity index (χ3n) is 3.93. The molecule has 124 valence electrons. The highest BCUT2D eigenvalue weighted by atomic mass is 16.6. The normalized spacial score (nSPS) is 27.3. The van der Waals surface area contributed by atoms with E-state index in [1.54, 1.807) is 18.0 Å². The first-order chi connectivity index (χ1) is 11.1. The Kier molecular flexibility index (Phi) is 4.58. The Morgan fingerprint density at radius 1 is 1.17 bits per heavy atom. The lowest BCUT2D eigenvalue weighted by Gasteiger charge is -2.13. The Morgan fingerprint density at radius 3 is 2.48 bits per heavy atom. The van der Waals surface area contributed by atoms with Gasteiger partial charge < -0.3 is 24.8 Å². The molecule has 1 aliphatic heterocycles. The van der Waals surface area contributed by atoms with Gasteiger partial charge in [-0.3, -0.25) is 0 Å². The SMILES string of the molecule is COc1ccc(-c2cn(C[C@@H]3O[C@H](CO)[C@@H](O)[C@@H]3O)nn2)cc1. The molecule has 0 saturated carbocycles. The Morgan fingerprint density at radius 2 is 1.87 bits per heavy atom. The predicted molar refractivity (Wildman–Crippen MR) is 79.8 cm³/mol. The van der Waals surface area contributed by atoms with Gasteiger partial charge in [0.1, 0.15) is 35.9 Å². The maximum absolute atomic E-state index is 9.94. The molecule has 0 aliphatic carbocycles. The molecule has 4 atom stereocenters. The number of rotatable bonds is 5. The standard InChI is InChI=1S/C15H19N3O5/c1-22-10-4-2-9(3-5-10)11-6-18(17-16-11)7-12-14(20)15(21)13(8-19)23-12/h2-6,12-15,19-21H,7-8H2,1H3/t12-,13+,14+,15+/m0/s1. The zero-order valence-corrected chi connectivity index (χ0v) is 12.6. The molecule has 3 rings (SSSR count). The second kappa shape index (κ2) is 6.63. The minimum atomic E-state index is -1.10. The first-order valence-corrected chi connectivity index (χ1v) is 7.29. The van der Waals surface area contributed by atoms with Crippen molar-refractivity contribution >= 4 is 0 Å². The number of hydrogen-bond acceptors (Lipinski definition) is 7. The average molecular weight is 321 g/mol. The van der Waals surface area contributed by atoms with Crippen molar-refractivity contribution in [3.8, 4) is 17.0 Å². The quantitative estimate of drug-likeness (QED) is 0.677. The van der Waals surface area contributed by atoms with Crippen molar-refractivity contribution in [3.05, 3.63) is 30.5 Å². The van der Waals surface area contributed by atoms with Crippen molar-refractivity contribution in [2.24, 2.45) is 0 Å². The fourth-order valence-electron chi connectivity index (χ4n) is 2.59. The molecule has 8 nitrogen and oxygen atoms in total. The summed E-state index contributed by atoms with van der Waals surface area (Å²) in [5, 5.41) is 36.9. The molecule has 1 fully saturated rings. The maximum atomic E-state index is 9.94. The number of methoxy groups -OCH3 is 1. The third kappa shape index (κ3) is 3.20. The van der Waals surface area contributed by atoms with Crippen LogP contribution in [-0.4, -0.2) is 68.4 Å². The van der Waals surface area contributed by atoms with Gasteiger partial charge in [0.25, 0.3) is 0 Å². The largest absolute Gasteiger partial charge is 0.497 e. The van der Waals surface area contributed by atoms with Gasteiger partial charge in [-0.05, 0) is 24.3 Å². The fraction of sp³-hybridized carbons (Fsp3) is 0.467. The lowest BCUT2D eigenvalue weighted by atomic mass is 10.1. The van der Waals surface area contributed by atoms with Crippen LogP contribution in [0.4, 0.5) is 0 Å². The van der Waals surface area contributed by atoms with E-state index in [-0.39, 0.29) is 13.2 Å². The van der Waals surface area contributed by atoms with E-state index in [1.807, 2.05) is 24.3 Å². The molecule has 8 heteroatoms. The lowest BCUT2D eigenvalue weighted by molar-refractivity contribution is -0.0276. The van der Waals surface area contributed by atoms with Crippen LogP contribution < -0.4 is 4.74 Å². The van der Waals surface area contributed by atoms with Crippen LogP contribution in [0.3, 0.4) is 0 Å². The van der Waals surface area contributed by atoms with Gasteiger partial charge in [0.15, 0.2) is 0 Å². The maximum Gasteiger partial charge on any atom is 0.118 e. The van der Waals surface area contributed by atoms with E-state index in [1.165, 1.54) is 0 Å². The first kappa shape index (κ1) is 15.9. The summed E-state index contributed by atoms with van der Waals surface area (Å²) >= 11 is 0. The highest BCUT2D eigenvalue weighted by Gasteiger charge is 2.42. The summed E-state index contributed by atoms with van der Waals surface area (Å²) in [5.74, 6) is 0.757. The van der Waals surface area contributed by atoms with E-state index in [0.717, 1.165) is 11.3 Å². The molecule has 0 amide bonds. The topological polar surface area (TPSA) is 110 Å². The second-order valence-corrected chi connectivity index (χ2v) is 5.43. The van der Waals surface area contributed by atoms with Crippen LogP contribution in [0.15, 0.2) is 30.5 Å². The van der Waals surface area contributed by atoms with Crippen LogP contribution in [0.25, 0.3) is 11.3 Å². The summed E-state index contributed by atoms with van der Waals surface area (Å²) in [7, 11) is 1.60. The molecule has 3 N–H and O–H groups in total. The van der Waals surface area contributed by atoms with E-state index < -0.39 is 24.4 Å². The molecule has 23 heavy (non-hydrogen) atoms. The van der Waals surface area contributed by atoms with Gasteiger partial charge in [-0.15, -0.1) is 5.10 Å². The highest BCUT2D eigenvalue weighted by Crippen LogP contribution is 2.23. The Bertz CT molecular complexity index is 645. The lowest BCUT2D eigenvalue weighted by Crippen LogP contribution is -2.35. The molecule has 1 aromatic carbocycles. The number of ether oxygens (including phenoxy) is 2. The molecule has 2 aromatic rings. The molecular weight excluding hydrogens is 302 g/mol. The van der Waals surface area contributed by atoms with Gasteiger partial charge in [-0.2, -0.15) is 0 Å². The van der Waals surface area contributed by atoms with Gasteiger partial charge in [-0.1, -0.05) is 5.21 Å². The van der Waals surface area contributed by atoms with Gasteiger partial charge in [-0.25, -0.2) is 4.68 Å². The molecular formula is C15H19N3O5. The summed E-state index contributed by atoms with van der Waals surface area (Å²) in [6, 6.07) is 7.42. The molecule has 1 saturated heterocycles. The van der Waals surface area contributed by atoms with Gasteiger partial charge in [0, 0.05) is 5.56 Å². The van der Waals surface area contributed by atoms with E-state index in [0.29, 0.717) is 5.69 Å². The van der Waals surface area contributed by atoms with Crippen LogP contribution in [0.5, 0.6) is 5.75 Å². The molecule has 0 spiro atoms. The van der Waals surface area contributed by atoms with Crippen LogP contribution in [-0.2, 0) is 11.3 Å². The van der Waals surface area contributed by atoms with E-state index in [9.17, 15) is 10.2 Å². The molecule has 0 bridgehead atoms. The van der Waals surface area contributed by atoms with Gasteiger partial charge in [0.2, 0.25) is 0 Å². The van der Waals surface area contributed by atoms with E-state index >= 15 is 0 Å². The van der Waals surface area contributed by atoms with Crippen LogP contribution >= 0.6 is 0 Å². The number of nitrogens with zero attached hydrogens (tertiary/aromatic N) is 3.